The van der Waals surface area contributed by atoms with Crippen LogP contribution in [0.5, 0.6) is 0 Å². The molecule has 106 valence electrons. The van der Waals surface area contributed by atoms with Gasteiger partial charge in [0.25, 0.3) is 0 Å². The highest BCUT2D eigenvalue weighted by atomic mass is 16.3. The standard InChI is InChI=1S/C17H32O/c1-16-13-11-9-7-5-3-2-4-6-8-10-12-14-17(18)15-16/h11,13,16-18H,2-10,12,14-15H2,1H3. The van der Waals surface area contributed by atoms with E-state index in [-0.39, 0.29) is 6.10 Å². The molecule has 1 aliphatic rings. The third-order valence-electron chi connectivity index (χ3n) is 4.02. The Bertz CT molecular complexity index is 210. The van der Waals surface area contributed by atoms with Crippen LogP contribution in [-0.4, -0.2) is 11.2 Å². The van der Waals surface area contributed by atoms with E-state index in [0.717, 1.165) is 12.8 Å². The van der Waals surface area contributed by atoms with Crippen molar-refractivity contribution in [2.24, 2.45) is 5.92 Å². The largest absolute Gasteiger partial charge is 0.393 e. The summed E-state index contributed by atoms with van der Waals surface area (Å²) in [5.74, 6) is 0.535. The van der Waals surface area contributed by atoms with Gasteiger partial charge in [0.2, 0.25) is 0 Å². The average molecular weight is 252 g/mol. The van der Waals surface area contributed by atoms with E-state index < -0.39 is 0 Å². The Kier molecular flexibility index (Phi) is 9.28. The lowest BCUT2D eigenvalue weighted by Crippen LogP contribution is -2.10. The molecule has 0 saturated carbocycles. The summed E-state index contributed by atoms with van der Waals surface area (Å²) in [6, 6.07) is 0. The first-order valence-corrected chi connectivity index (χ1v) is 8.14. The van der Waals surface area contributed by atoms with Crippen molar-refractivity contribution in [3.63, 3.8) is 0 Å². The third kappa shape index (κ3) is 8.74. The predicted molar refractivity (Wildman–Crippen MR) is 79.7 cm³/mol. The van der Waals surface area contributed by atoms with Crippen LogP contribution < -0.4 is 0 Å². The zero-order valence-corrected chi connectivity index (χ0v) is 12.2. The Morgan fingerprint density at radius 2 is 1.39 bits per heavy atom. The van der Waals surface area contributed by atoms with Crippen molar-refractivity contribution in [1.82, 2.24) is 0 Å². The monoisotopic (exact) mass is 252 g/mol. The molecule has 2 atom stereocenters. The second kappa shape index (κ2) is 10.6. The van der Waals surface area contributed by atoms with Crippen LogP contribution in [0.3, 0.4) is 0 Å². The highest BCUT2D eigenvalue weighted by Gasteiger charge is 2.07. The number of hydrogen-bond donors (Lipinski definition) is 1. The summed E-state index contributed by atoms with van der Waals surface area (Å²) in [6.45, 7) is 2.23. The van der Waals surface area contributed by atoms with E-state index in [0.29, 0.717) is 5.92 Å². The first-order valence-electron chi connectivity index (χ1n) is 8.14. The van der Waals surface area contributed by atoms with Crippen LogP contribution in [-0.2, 0) is 0 Å². The van der Waals surface area contributed by atoms with Gasteiger partial charge in [0.15, 0.2) is 0 Å². The molecule has 0 bridgehead atoms. The van der Waals surface area contributed by atoms with E-state index >= 15 is 0 Å². The van der Waals surface area contributed by atoms with Gasteiger partial charge in [-0.25, -0.2) is 0 Å². The van der Waals surface area contributed by atoms with E-state index in [1.807, 2.05) is 0 Å². The molecule has 1 N–H and O–H groups in total. The lowest BCUT2D eigenvalue weighted by atomic mass is 9.97. The maximum absolute atomic E-state index is 9.96. The van der Waals surface area contributed by atoms with Gasteiger partial charge in [-0.3, -0.25) is 0 Å². The van der Waals surface area contributed by atoms with Crippen LogP contribution in [0.4, 0.5) is 0 Å². The van der Waals surface area contributed by atoms with Crippen molar-refractivity contribution in [2.45, 2.75) is 90.1 Å². The summed E-state index contributed by atoms with van der Waals surface area (Å²) in [7, 11) is 0. The number of hydrogen-bond acceptors (Lipinski definition) is 1. The van der Waals surface area contributed by atoms with Crippen LogP contribution in [0.25, 0.3) is 0 Å². The molecule has 0 aliphatic heterocycles. The molecule has 0 aromatic heterocycles. The average Bonchev–Trinajstić information content (AvgIpc) is 2.33. The minimum Gasteiger partial charge on any atom is -0.393 e. The van der Waals surface area contributed by atoms with E-state index in [1.54, 1.807) is 0 Å². The van der Waals surface area contributed by atoms with Crippen molar-refractivity contribution in [2.75, 3.05) is 0 Å². The SMILES string of the molecule is CC1C=CCCCCCCCCCCCC(O)C1. The minimum absolute atomic E-state index is 0.0856. The summed E-state index contributed by atoms with van der Waals surface area (Å²) < 4.78 is 0. The Balaban J connectivity index is 2.27. The second-order valence-corrected chi connectivity index (χ2v) is 6.05. The maximum Gasteiger partial charge on any atom is 0.0545 e. The van der Waals surface area contributed by atoms with Crippen molar-refractivity contribution in [1.29, 1.82) is 0 Å². The molecule has 1 rings (SSSR count). The summed E-state index contributed by atoms with van der Waals surface area (Å²) in [5, 5.41) is 9.96. The summed E-state index contributed by atoms with van der Waals surface area (Å²) in [4.78, 5) is 0. The molecule has 1 aliphatic carbocycles. The second-order valence-electron chi connectivity index (χ2n) is 6.05. The number of allylic oxidation sites excluding steroid dienone is 2. The number of rotatable bonds is 0. The maximum atomic E-state index is 9.96. The molecule has 1 heteroatoms. The van der Waals surface area contributed by atoms with Gasteiger partial charge in [0.1, 0.15) is 0 Å². The molecule has 0 aromatic carbocycles. The van der Waals surface area contributed by atoms with Crippen LogP contribution in [0.15, 0.2) is 12.2 Å². The smallest absolute Gasteiger partial charge is 0.0545 e. The molecule has 1 nitrogen and oxygen atoms in total. The number of aliphatic hydroxyl groups is 1. The molecule has 2 unspecified atom stereocenters. The van der Waals surface area contributed by atoms with Gasteiger partial charge in [0, 0.05) is 0 Å². The predicted octanol–water partition coefficient (Wildman–Crippen LogP) is 5.23. The lowest BCUT2D eigenvalue weighted by Gasteiger charge is -2.14. The topological polar surface area (TPSA) is 20.2 Å². The lowest BCUT2D eigenvalue weighted by molar-refractivity contribution is 0.140. The van der Waals surface area contributed by atoms with E-state index in [2.05, 4.69) is 19.1 Å². The van der Waals surface area contributed by atoms with Crippen LogP contribution >= 0.6 is 0 Å². The third-order valence-corrected chi connectivity index (χ3v) is 4.02. The molecular formula is C17H32O. The molecular weight excluding hydrogens is 220 g/mol. The highest BCUT2D eigenvalue weighted by Crippen LogP contribution is 2.17. The summed E-state index contributed by atoms with van der Waals surface area (Å²) in [5.41, 5.74) is 0. The van der Waals surface area contributed by atoms with Gasteiger partial charge in [-0.1, -0.05) is 70.4 Å². The van der Waals surface area contributed by atoms with Crippen molar-refractivity contribution < 1.29 is 5.11 Å². The fourth-order valence-electron chi connectivity index (χ4n) is 2.83. The van der Waals surface area contributed by atoms with E-state index in [4.69, 9.17) is 0 Å². The van der Waals surface area contributed by atoms with Gasteiger partial charge < -0.3 is 5.11 Å². The Morgan fingerprint density at radius 1 is 0.833 bits per heavy atom. The molecule has 0 radical (unpaired) electrons. The van der Waals surface area contributed by atoms with Gasteiger partial charge in [-0.2, -0.15) is 0 Å². The Hall–Kier alpha value is -0.300. The van der Waals surface area contributed by atoms with Crippen LogP contribution in [0, 0.1) is 5.92 Å². The van der Waals surface area contributed by atoms with Gasteiger partial charge in [0.05, 0.1) is 6.10 Å². The molecule has 0 fully saturated rings. The van der Waals surface area contributed by atoms with Gasteiger partial charge >= 0.3 is 0 Å². The van der Waals surface area contributed by atoms with Crippen molar-refractivity contribution in [3.05, 3.63) is 12.2 Å². The molecule has 0 heterocycles. The first-order chi connectivity index (χ1) is 8.79. The van der Waals surface area contributed by atoms with Crippen molar-refractivity contribution >= 4 is 0 Å². The Labute approximate surface area is 114 Å². The van der Waals surface area contributed by atoms with Gasteiger partial charge in [-0.05, 0) is 31.6 Å². The summed E-state index contributed by atoms with van der Waals surface area (Å²) >= 11 is 0. The van der Waals surface area contributed by atoms with E-state index in [9.17, 15) is 5.11 Å². The van der Waals surface area contributed by atoms with Crippen molar-refractivity contribution in [3.8, 4) is 0 Å². The molecule has 0 aromatic rings. The zero-order chi connectivity index (χ0) is 13.1. The first kappa shape index (κ1) is 15.8. The summed E-state index contributed by atoms with van der Waals surface area (Å²) in [6.07, 6.45) is 20.0. The number of aliphatic hydroxyl groups excluding tert-OH is 1. The fraction of sp³-hybridized carbons (Fsp3) is 0.882. The van der Waals surface area contributed by atoms with Gasteiger partial charge in [-0.15, -0.1) is 0 Å². The Morgan fingerprint density at radius 3 is 2.06 bits per heavy atom. The molecule has 0 amide bonds. The minimum atomic E-state index is -0.0856. The van der Waals surface area contributed by atoms with Crippen LogP contribution in [0.1, 0.15) is 84.0 Å². The normalized spacial score (nSPS) is 30.1. The molecule has 18 heavy (non-hydrogen) atoms. The van der Waals surface area contributed by atoms with E-state index in [1.165, 1.54) is 64.2 Å². The fourth-order valence-corrected chi connectivity index (χ4v) is 2.83. The molecule has 0 saturated heterocycles. The van der Waals surface area contributed by atoms with Crippen LogP contribution in [0.2, 0.25) is 0 Å². The zero-order valence-electron chi connectivity index (χ0n) is 12.2. The highest BCUT2D eigenvalue weighted by molar-refractivity contribution is 4.87. The quantitative estimate of drug-likeness (QED) is 0.585. The molecule has 0 spiro atoms.